The Morgan fingerprint density at radius 2 is 2.10 bits per heavy atom. The van der Waals surface area contributed by atoms with E-state index in [1.165, 1.54) is 4.80 Å². The van der Waals surface area contributed by atoms with Crippen LogP contribution >= 0.6 is 0 Å². The molecule has 2 rings (SSSR count). The van der Waals surface area contributed by atoms with Gasteiger partial charge in [-0.3, -0.25) is 4.79 Å². The van der Waals surface area contributed by atoms with Gasteiger partial charge in [-0.1, -0.05) is 23.8 Å². The van der Waals surface area contributed by atoms with Gasteiger partial charge in [-0.05, 0) is 19.1 Å². The predicted molar refractivity (Wildman–Crippen MR) is 74.5 cm³/mol. The maximum Gasteiger partial charge on any atom is 0.274 e. The van der Waals surface area contributed by atoms with Crippen LogP contribution in [0.3, 0.4) is 0 Å². The molecule has 0 atom stereocenters. The number of nitrogens with zero attached hydrogens (tertiary/aromatic N) is 3. The van der Waals surface area contributed by atoms with E-state index in [9.17, 15) is 9.90 Å². The number of amides is 1. The number of rotatable bonds is 5. The van der Waals surface area contributed by atoms with Crippen molar-refractivity contribution in [2.75, 3.05) is 6.54 Å². The van der Waals surface area contributed by atoms with Crippen molar-refractivity contribution < 1.29 is 9.90 Å². The standard InChI is InChI=1S/C14H16N4O2/c1-3-8-15-14(20)13-12(9-19)16-18(17-13)11-6-4-10(2)5-7-11/h3-7,19H,1,8-9H2,2H3,(H,15,20). The summed E-state index contributed by atoms with van der Waals surface area (Å²) in [5.41, 5.74) is 2.21. The number of aromatic nitrogens is 3. The van der Waals surface area contributed by atoms with Gasteiger partial charge in [0.15, 0.2) is 5.69 Å². The second-order valence-electron chi connectivity index (χ2n) is 4.28. The molecule has 1 amide bonds. The summed E-state index contributed by atoms with van der Waals surface area (Å²) in [7, 11) is 0. The zero-order valence-corrected chi connectivity index (χ0v) is 11.2. The highest BCUT2D eigenvalue weighted by molar-refractivity contribution is 5.93. The van der Waals surface area contributed by atoms with Crippen LogP contribution in [0, 0.1) is 6.92 Å². The minimum atomic E-state index is -0.382. The van der Waals surface area contributed by atoms with Gasteiger partial charge in [-0.15, -0.1) is 16.8 Å². The molecule has 0 aliphatic carbocycles. The number of carbonyl (C=O) groups is 1. The molecule has 0 aliphatic heterocycles. The van der Waals surface area contributed by atoms with E-state index >= 15 is 0 Å². The maximum absolute atomic E-state index is 11.9. The Hall–Kier alpha value is -2.47. The van der Waals surface area contributed by atoms with Gasteiger partial charge in [0.1, 0.15) is 5.69 Å². The molecule has 6 nitrogen and oxygen atoms in total. The molecule has 0 radical (unpaired) electrons. The van der Waals surface area contributed by atoms with E-state index in [-0.39, 0.29) is 23.9 Å². The summed E-state index contributed by atoms with van der Waals surface area (Å²) >= 11 is 0. The first-order chi connectivity index (χ1) is 9.65. The van der Waals surface area contributed by atoms with E-state index in [2.05, 4.69) is 22.1 Å². The Morgan fingerprint density at radius 1 is 1.40 bits per heavy atom. The molecule has 0 saturated heterocycles. The first kappa shape index (κ1) is 14.0. The van der Waals surface area contributed by atoms with Crippen LogP contribution in [-0.2, 0) is 6.61 Å². The van der Waals surface area contributed by atoms with E-state index in [0.717, 1.165) is 11.3 Å². The lowest BCUT2D eigenvalue weighted by Crippen LogP contribution is -2.24. The van der Waals surface area contributed by atoms with Crippen LogP contribution in [0.4, 0.5) is 0 Å². The van der Waals surface area contributed by atoms with Gasteiger partial charge in [-0.2, -0.15) is 4.80 Å². The van der Waals surface area contributed by atoms with Gasteiger partial charge in [0.2, 0.25) is 0 Å². The number of carbonyl (C=O) groups excluding carboxylic acids is 1. The Kier molecular flexibility index (Phi) is 4.27. The molecule has 1 aromatic heterocycles. The van der Waals surface area contributed by atoms with Gasteiger partial charge in [0.05, 0.1) is 12.3 Å². The zero-order valence-electron chi connectivity index (χ0n) is 11.2. The summed E-state index contributed by atoms with van der Waals surface area (Å²) in [4.78, 5) is 13.2. The van der Waals surface area contributed by atoms with Gasteiger partial charge >= 0.3 is 0 Å². The van der Waals surface area contributed by atoms with Crippen molar-refractivity contribution in [3.05, 3.63) is 53.9 Å². The fourth-order valence-corrected chi connectivity index (χ4v) is 1.66. The maximum atomic E-state index is 11.9. The van der Waals surface area contributed by atoms with E-state index in [4.69, 9.17) is 0 Å². The van der Waals surface area contributed by atoms with Crippen molar-refractivity contribution in [2.24, 2.45) is 0 Å². The second-order valence-corrected chi connectivity index (χ2v) is 4.28. The predicted octanol–water partition coefficient (Wildman–Crippen LogP) is 0.984. The number of nitrogens with one attached hydrogen (secondary N) is 1. The van der Waals surface area contributed by atoms with Crippen molar-refractivity contribution in [1.29, 1.82) is 0 Å². The quantitative estimate of drug-likeness (QED) is 0.795. The lowest BCUT2D eigenvalue weighted by Gasteiger charge is -2.00. The largest absolute Gasteiger partial charge is 0.390 e. The topological polar surface area (TPSA) is 80.0 Å². The Labute approximate surface area is 116 Å². The van der Waals surface area contributed by atoms with Crippen LogP contribution in [-0.4, -0.2) is 32.6 Å². The average Bonchev–Trinajstić information content (AvgIpc) is 2.89. The molecule has 1 heterocycles. The highest BCUT2D eigenvalue weighted by Crippen LogP contribution is 2.10. The molecule has 2 aromatic rings. The second kappa shape index (κ2) is 6.12. The fourth-order valence-electron chi connectivity index (χ4n) is 1.66. The molecular formula is C14H16N4O2. The number of benzene rings is 1. The molecule has 2 N–H and O–H groups in total. The van der Waals surface area contributed by atoms with E-state index in [1.807, 2.05) is 31.2 Å². The van der Waals surface area contributed by atoms with Crippen LogP contribution < -0.4 is 5.32 Å². The van der Waals surface area contributed by atoms with Crippen molar-refractivity contribution in [1.82, 2.24) is 20.3 Å². The van der Waals surface area contributed by atoms with Crippen molar-refractivity contribution in [3.8, 4) is 5.69 Å². The third-order valence-electron chi connectivity index (χ3n) is 2.72. The molecule has 6 heteroatoms. The molecule has 0 unspecified atom stereocenters. The van der Waals surface area contributed by atoms with Gasteiger partial charge in [0.25, 0.3) is 5.91 Å². The average molecular weight is 272 g/mol. The third-order valence-corrected chi connectivity index (χ3v) is 2.72. The first-order valence-electron chi connectivity index (χ1n) is 6.19. The molecule has 1 aromatic carbocycles. The van der Waals surface area contributed by atoms with Crippen molar-refractivity contribution in [2.45, 2.75) is 13.5 Å². The smallest absolute Gasteiger partial charge is 0.274 e. The number of aryl methyl sites for hydroxylation is 1. The Bertz CT molecular complexity index is 617. The molecule has 0 saturated carbocycles. The lowest BCUT2D eigenvalue weighted by molar-refractivity contribution is 0.0949. The molecule has 104 valence electrons. The number of aliphatic hydroxyl groups excluding tert-OH is 1. The van der Waals surface area contributed by atoms with Crippen LogP contribution in [0.25, 0.3) is 5.69 Å². The monoisotopic (exact) mass is 272 g/mol. The van der Waals surface area contributed by atoms with Gasteiger partial charge < -0.3 is 10.4 Å². The number of hydrogen-bond donors (Lipinski definition) is 2. The van der Waals surface area contributed by atoms with Crippen molar-refractivity contribution >= 4 is 5.91 Å². The minimum Gasteiger partial charge on any atom is -0.390 e. The van der Waals surface area contributed by atoms with Crippen molar-refractivity contribution in [3.63, 3.8) is 0 Å². The summed E-state index contributed by atoms with van der Waals surface area (Å²) in [6.07, 6.45) is 1.57. The van der Waals surface area contributed by atoms with Gasteiger partial charge in [-0.25, -0.2) is 0 Å². The summed E-state index contributed by atoms with van der Waals surface area (Å²) in [5, 5.41) is 20.2. The van der Waals surface area contributed by atoms with Crippen LogP contribution in [0.5, 0.6) is 0 Å². The van der Waals surface area contributed by atoms with Crippen LogP contribution in [0.15, 0.2) is 36.9 Å². The first-order valence-corrected chi connectivity index (χ1v) is 6.19. The molecule has 0 bridgehead atoms. The van der Waals surface area contributed by atoms with Crippen LogP contribution in [0.2, 0.25) is 0 Å². The summed E-state index contributed by atoms with van der Waals surface area (Å²) in [6, 6.07) is 7.55. The third kappa shape index (κ3) is 2.92. The highest BCUT2D eigenvalue weighted by atomic mass is 16.3. The molecular weight excluding hydrogens is 256 g/mol. The number of hydrogen-bond acceptors (Lipinski definition) is 4. The summed E-state index contributed by atoms with van der Waals surface area (Å²) in [5.74, 6) is -0.382. The van der Waals surface area contributed by atoms with E-state index in [1.54, 1.807) is 6.08 Å². The number of aliphatic hydroxyl groups is 1. The minimum absolute atomic E-state index is 0.120. The molecule has 20 heavy (non-hydrogen) atoms. The molecule has 0 fully saturated rings. The summed E-state index contributed by atoms with van der Waals surface area (Å²) < 4.78 is 0. The highest BCUT2D eigenvalue weighted by Gasteiger charge is 2.18. The summed E-state index contributed by atoms with van der Waals surface area (Å²) in [6.45, 7) is 5.49. The van der Waals surface area contributed by atoms with Gasteiger partial charge in [0, 0.05) is 6.54 Å². The van der Waals surface area contributed by atoms with Crippen LogP contribution in [0.1, 0.15) is 21.7 Å². The zero-order chi connectivity index (χ0) is 14.5. The molecule has 0 spiro atoms. The lowest BCUT2D eigenvalue weighted by atomic mass is 10.2. The SMILES string of the molecule is C=CCNC(=O)c1nn(-c2ccc(C)cc2)nc1CO. The Balaban J connectivity index is 2.32. The van der Waals surface area contributed by atoms with E-state index in [0.29, 0.717) is 6.54 Å². The molecule has 0 aliphatic rings. The van der Waals surface area contributed by atoms with E-state index < -0.39 is 0 Å². The normalized spacial score (nSPS) is 10.3. The fraction of sp³-hybridized carbons (Fsp3) is 0.214. The Morgan fingerprint density at radius 3 is 2.70 bits per heavy atom.